The summed E-state index contributed by atoms with van der Waals surface area (Å²) in [5.41, 5.74) is -0.371. The van der Waals surface area contributed by atoms with Crippen LogP contribution >= 0.6 is 58.0 Å². The standard InChI is InChI=1S/C24H18Cl5F3N2O3/c25-12-5-11(6-13(26)7-12)18-19(24(18,28)29)20(36)34-14-1-2-16(27)15(8-14)17(35)9-22(3-4-22)21(37)33-10-23(30,31)32/h1-2,5-8,18-19H,3-4,9-10H2,(H,33,37)(H,34,36). The van der Waals surface area contributed by atoms with Crippen LogP contribution < -0.4 is 10.6 Å². The monoisotopic (exact) mass is 614 g/mol. The number of anilines is 1. The van der Waals surface area contributed by atoms with E-state index in [2.05, 4.69) is 5.32 Å². The number of hydrogen-bond acceptors (Lipinski definition) is 3. The molecule has 2 aromatic carbocycles. The number of nitrogens with one attached hydrogen (secondary N) is 2. The lowest BCUT2D eigenvalue weighted by atomic mass is 9.94. The highest BCUT2D eigenvalue weighted by atomic mass is 35.5. The highest BCUT2D eigenvalue weighted by Gasteiger charge is 2.67. The molecule has 2 unspecified atom stereocenters. The minimum Gasteiger partial charge on any atom is -0.346 e. The van der Waals surface area contributed by atoms with Gasteiger partial charge in [-0.15, -0.1) is 23.2 Å². The van der Waals surface area contributed by atoms with Crippen LogP contribution in [0.5, 0.6) is 0 Å². The van der Waals surface area contributed by atoms with Crippen molar-refractivity contribution in [3.8, 4) is 0 Å². The van der Waals surface area contributed by atoms with Gasteiger partial charge in [0.1, 0.15) is 10.9 Å². The molecule has 198 valence electrons. The molecular weight excluding hydrogens is 599 g/mol. The largest absolute Gasteiger partial charge is 0.405 e. The number of benzene rings is 2. The fraction of sp³-hybridized carbons (Fsp3) is 0.375. The second-order valence-corrected chi connectivity index (χ2v) is 11.9. The maximum absolute atomic E-state index is 13.0. The first kappa shape index (κ1) is 28.3. The first-order valence-electron chi connectivity index (χ1n) is 11.0. The highest BCUT2D eigenvalue weighted by Crippen LogP contribution is 2.65. The summed E-state index contributed by atoms with van der Waals surface area (Å²) in [5.74, 6) is -3.31. The van der Waals surface area contributed by atoms with Crippen molar-refractivity contribution in [3.05, 3.63) is 62.6 Å². The maximum Gasteiger partial charge on any atom is 0.405 e. The van der Waals surface area contributed by atoms with Gasteiger partial charge in [0.25, 0.3) is 0 Å². The number of ketones is 1. The fourth-order valence-corrected chi connectivity index (χ4v) is 5.86. The quantitative estimate of drug-likeness (QED) is 0.243. The molecule has 0 bridgehead atoms. The SMILES string of the molecule is O=C(CC1(C(=O)NCC(F)(F)F)CC1)c1cc(NC(=O)C2C(c3cc(Cl)cc(Cl)c3)C2(Cl)Cl)ccc1Cl. The summed E-state index contributed by atoms with van der Waals surface area (Å²) in [6.07, 6.45) is -4.32. The van der Waals surface area contributed by atoms with E-state index in [1.165, 1.54) is 24.3 Å². The van der Waals surface area contributed by atoms with Crippen LogP contribution in [-0.2, 0) is 9.59 Å². The van der Waals surface area contributed by atoms with Gasteiger partial charge in [-0.05, 0) is 54.8 Å². The van der Waals surface area contributed by atoms with Gasteiger partial charge in [-0.25, -0.2) is 0 Å². The Balaban J connectivity index is 1.45. The molecule has 0 aromatic heterocycles. The van der Waals surface area contributed by atoms with Gasteiger partial charge in [-0.1, -0.05) is 34.8 Å². The molecule has 2 amide bonds. The van der Waals surface area contributed by atoms with Crippen LogP contribution in [0.25, 0.3) is 0 Å². The molecule has 0 radical (unpaired) electrons. The summed E-state index contributed by atoms with van der Waals surface area (Å²) in [4.78, 5) is 38.2. The molecule has 0 saturated heterocycles. The predicted molar refractivity (Wildman–Crippen MR) is 137 cm³/mol. The van der Waals surface area contributed by atoms with Crippen LogP contribution in [0.15, 0.2) is 36.4 Å². The second kappa shape index (κ2) is 10.1. The van der Waals surface area contributed by atoms with E-state index >= 15 is 0 Å². The van der Waals surface area contributed by atoms with Gasteiger partial charge in [0.15, 0.2) is 5.78 Å². The van der Waals surface area contributed by atoms with Crippen molar-refractivity contribution < 1.29 is 27.6 Å². The summed E-state index contributed by atoms with van der Waals surface area (Å²) < 4.78 is 36.0. The Bertz CT molecular complexity index is 1260. The number of carbonyl (C=O) groups excluding carboxylic acids is 3. The summed E-state index contributed by atoms with van der Waals surface area (Å²) >= 11 is 31.0. The number of rotatable bonds is 8. The van der Waals surface area contributed by atoms with Crippen molar-refractivity contribution in [2.45, 2.75) is 35.7 Å². The minimum absolute atomic E-state index is 0.0198. The van der Waals surface area contributed by atoms with E-state index in [0.29, 0.717) is 15.6 Å². The summed E-state index contributed by atoms with van der Waals surface area (Å²) in [5, 5.41) is 5.28. The summed E-state index contributed by atoms with van der Waals surface area (Å²) in [7, 11) is 0. The zero-order valence-corrected chi connectivity index (χ0v) is 22.5. The Morgan fingerprint density at radius 1 is 0.973 bits per heavy atom. The fourth-order valence-electron chi connectivity index (χ4n) is 4.26. The first-order chi connectivity index (χ1) is 17.1. The van der Waals surface area contributed by atoms with E-state index in [4.69, 9.17) is 58.0 Å². The number of carbonyl (C=O) groups is 3. The van der Waals surface area contributed by atoms with Crippen molar-refractivity contribution >= 4 is 81.3 Å². The lowest BCUT2D eigenvalue weighted by molar-refractivity contribution is -0.141. The Morgan fingerprint density at radius 3 is 2.16 bits per heavy atom. The van der Waals surface area contributed by atoms with Crippen LogP contribution in [0.4, 0.5) is 18.9 Å². The molecule has 2 N–H and O–H groups in total. The predicted octanol–water partition coefficient (Wildman–Crippen LogP) is 7.20. The molecule has 13 heteroatoms. The molecule has 0 heterocycles. The Kier molecular flexibility index (Phi) is 7.74. The number of hydrogen-bond donors (Lipinski definition) is 2. The van der Waals surface area contributed by atoms with E-state index in [1.807, 2.05) is 5.32 Å². The first-order valence-corrected chi connectivity index (χ1v) is 12.8. The van der Waals surface area contributed by atoms with Crippen molar-refractivity contribution in [2.75, 3.05) is 11.9 Å². The summed E-state index contributed by atoms with van der Waals surface area (Å²) in [6.45, 7) is -1.48. The van der Waals surface area contributed by atoms with Crippen LogP contribution in [-0.4, -0.2) is 34.7 Å². The van der Waals surface area contributed by atoms with Crippen molar-refractivity contribution in [3.63, 3.8) is 0 Å². The molecule has 2 aliphatic carbocycles. The third-order valence-corrected chi connectivity index (χ3v) is 8.10. The highest BCUT2D eigenvalue weighted by molar-refractivity contribution is 6.53. The number of Topliss-reactive ketones (excluding diaryl/α,β-unsaturated/α-hetero) is 1. The van der Waals surface area contributed by atoms with E-state index in [0.717, 1.165) is 0 Å². The Hall–Kier alpha value is -1.71. The van der Waals surface area contributed by atoms with Gasteiger partial charge in [-0.3, -0.25) is 14.4 Å². The average Bonchev–Trinajstić information content (AvgIpc) is 3.67. The van der Waals surface area contributed by atoms with Gasteiger partial charge < -0.3 is 10.6 Å². The normalized spacial score (nSPS) is 21.2. The lowest BCUT2D eigenvalue weighted by Crippen LogP contribution is -2.39. The molecule has 2 aliphatic rings. The van der Waals surface area contributed by atoms with E-state index in [1.54, 1.807) is 12.1 Å². The average molecular weight is 617 g/mol. The molecule has 0 spiro atoms. The van der Waals surface area contributed by atoms with E-state index in [9.17, 15) is 27.6 Å². The van der Waals surface area contributed by atoms with Gasteiger partial charge in [0.2, 0.25) is 11.8 Å². The molecule has 2 saturated carbocycles. The van der Waals surface area contributed by atoms with Gasteiger partial charge in [-0.2, -0.15) is 13.2 Å². The minimum atomic E-state index is -4.56. The van der Waals surface area contributed by atoms with E-state index in [-0.39, 0.29) is 35.5 Å². The Labute approximate surface area is 234 Å². The van der Waals surface area contributed by atoms with Crippen LogP contribution in [0.3, 0.4) is 0 Å². The van der Waals surface area contributed by atoms with Crippen LogP contribution in [0.2, 0.25) is 15.1 Å². The smallest absolute Gasteiger partial charge is 0.346 e. The van der Waals surface area contributed by atoms with Gasteiger partial charge in [0.05, 0.1) is 16.4 Å². The number of amides is 2. The van der Waals surface area contributed by atoms with Gasteiger partial charge >= 0.3 is 6.18 Å². The number of halogens is 8. The summed E-state index contributed by atoms with van der Waals surface area (Å²) in [6, 6.07) is 8.96. The van der Waals surface area contributed by atoms with Crippen molar-refractivity contribution in [1.29, 1.82) is 0 Å². The van der Waals surface area contributed by atoms with Crippen molar-refractivity contribution in [2.24, 2.45) is 11.3 Å². The molecule has 5 nitrogen and oxygen atoms in total. The van der Waals surface area contributed by atoms with E-state index < -0.39 is 51.9 Å². The topological polar surface area (TPSA) is 75.3 Å². The van der Waals surface area contributed by atoms with Crippen molar-refractivity contribution in [1.82, 2.24) is 5.32 Å². The van der Waals surface area contributed by atoms with Gasteiger partial charge in [0, 0.05) is 33.6 Å². The molecule has 2 fully saturated rings. The van der Waals surface area contributed by atoms with Crippen LogP contribution in [0, 0.1) is 11.3 Å². The third-order valence-electron chi connectivity index (χ3n) is 6.40. The molecule has 2 atom stereocenters. The molecule has 0 aliphatic heterocycles. The zero-order chi connectivity index (χ0) is 27.3. The van der Waals surface area contributed by atoms with Crippen LogP contribution in [0.1, 0.15) is 41.1 Å². The Morgan fingerprint density at radius 2 is 1.59 bits per heavy atom. The zero-order valence-electron chi connectivity index (χ0n) is 18.7. The lowest BCUT2D eigenvalue weighted by Gasteiger charge is -2.16. The maximum atomic E-state index is 13.0. The molecule has 2 aromatic rings. The second-order valence-electron chi connectivity index (χ2n) is 9.19. The molecule has 4 rings (SSSR count). The molecular formula is C24H18Cl5F3N2O3. The third kappa shape index (κ3) is 6.31. The molecule has 37 heavy (non-hydrogen) atoms. The number of alkyl halides is 5.